The average molecular weight is 190 g/mol. The van der Waals surface area contributed by atoms with Crippen LogP contribution in [0.1, 0.15) is 5.56 Å². The van der Waals surface area contributed by atoms with Gasteiger partial charge in [-0.1, -0.05) is 29.8 Å². The third-order valence-corrected chi connectivity index (χ3v) is 2.69. The van der Waals surface area contributed by atoms with Crippen LogP contribution in [0.3, 0.4) is 0 Å². The first-order chi connectivity index (χ1) is 6.27. The summed E-state index contributed by atoms with van der Waals surface area (Å²) in [6.45, 7) is 2.05. The molecule has 0 atom stereocenters. The van der Waals surface area contributed by atoms with Crippen molar-refractivity contribution in [1.29, 1.82) is 0 Å². The molecular weight excluding hydrogens is 180 g/mol. The van der Waals surface area contributed by atoms with Crippen molar-refractivity contribution in [2.45, 2.75) is 6.92 Å². The third kappa shape index (κ3) is 1.58. The first-order valence-corrected chi connectivity index (χ1v) is 4.99. The van der Waals surface area contributed by atoms with Gasteiger partial charge in [-0.25, -0.2) is 0 Å². The summed E-state index contributed by atoms with van der Waals surface area (Å²) >= 11 is 1.36. The molecule has 2 aromatic rings. The fourth-order valence-electron chi connectivity index (χ4n) is 1.33. The number of hydrogen-bond acceptors (Lipinski definition) is 2. The summed E-state index contributed by atoms with van der Waals surface area (Å²) in [5, 5.41) is 11.8. The number of rotatable bonds is 1. The second-order valence-corrected chi connectivity index (χ2v) is 3.90. The Morgan fingerprint density at radius 3 is 2.69 bits per heavy atom. The molecule has 0 spiro atoms. The van der Waals surface area contributed by atoms with Crippen LogP contribution in [-0.2, 0) is 0 Å². The van der Waals surface area contributed by atoms with Crippen molar-refractivity contribution in [2.75, 3.05) is 0 Å². The van der Waals surface area contributed by atoms with Gasteiger partial charge in [0.15, 0.2) is 5.06 Å². The lowest BCUT2D eigenvalue weighted by Crippen LogP contribution is -1.75. The molecule has 1 aromatic carbocycles. The Labute approximate surface area is 81.3 Å². The maximum atomic E-state index is 9.51. The highest BCUT2D eigenvalue weighted by Crippen LogP contribution is 2.33. The maximum absolute atomic E-state index is 9.51. The van der Waals surface area contributed by atoms with Crippen LogP contribution in [0.2, 0.25) is 0 Å². The van der Waals surface area contributed by atoms with E-state index in [9.17, 15) is 5.11 Å². The molecule has 0 aliphatic carbocycles. The van der Waals surface area contributed by atoms with E-state index in [0.29, 0.717) is 5.06 Å². The number of thiophene rings is 1. The minimum absolute atomic E-state index is 0.394. The normalized spacial score (nSPS) is 10.2. The molecule has 0 aliphatic heterocycles. The summed E-state index contributed by atoms with van der Waals surface area (Å²) in [5.41, 5.74) is 3.22. The van der Waals surface area contributed by atoms with Gasteiger partial charge in [0, 0.05) is 5.56 Å². The largest absolute Gasteiger partial charge is 0.499 e. The van der Waals surface area contributed by atoms with Crippen LogP contribution in [0.4, 0.5) is 0 Å². The highest BCUT2D eigenvalue weighted by molar-refractivity contribution is 7.12. The predicted molar refractivity (Wildman–Crippen MR) is 56.2 cm³/mol. The average Bonchev–Trinajstić information content (AvgIpc) is 2.51. The lowest BCUT2D eigenvalue weighted by molar-refractivity contribution is 0.493. The summed E-state index contributed by atoms with van der Waals surface area (Å²) in [6.07, 6.45) is 0. The lowest BCUT2D eigenvalue weighted by atomic mass is 10.1. The van der Waals surface area contributed by atoms with Crippen molar-refractivity contribution >= 4 is 11.3 Å². The van der Waals surface area contributed by atoms with Crippen LogP contribution in [0.5, 0.6) is 5.06 Å². The zero-order valence-corrected chi connectivity index (χ0v) is 8.14. The zero-order valence-electron chi connectivity index (χ0n) is 7.32. The van der Waals surface area contributed by atoms with Crippen LogP contribution in [-0.4, -0.2) is 5.11 Å². The van der Waals surface area contributed by atoms with Crippen LogP contribution in [0.15, 0.2) is 35.7 Å². The second-order valence-electron chi connectivity index (χ2n) is 3.01. The minimum Gasteiger partial charge on any atom is -0.499 e. The van der Waals surface area contributed by atoms with Gasteiger partial charge < -0.3 is 5.11 Å². The van der Waals surface area contributed by atoms with Gasteiger partial charge in [0.2, 0.25) is 0 Å². The van der Waals surface area contributed by atoms with Gasteiger partial charge in [0.1, 0.15) is 0 Å². The van der Waals surface area contributed by atoms with Crippen molar-refractivity contribution in [1.82, 2.24) is 0 Å². The van der Waals surface area contributed by atoms with E-state index in [4.69, 9.17) is 0 Å². The highest BCUT2D eigenvalue weighted by Gasteiger charge is 2.04. The molecule has 2 rings (SSSR count). The Kier molecular flexibility index (Phi) is 2.07. The van der Waals surface area contributed by atoms with Crippen molar-refractivity contribution in [3.05, 3.63) is 41.3 Å². The van der Waals surface area contributed by atoms with Crippen molar-refractivity contribution in [2.24, 2.45) is 0 Å². The maximum Gasteiger partial charge on any atom is 0.179 e. The molecule has 0 radical (unpaired) electrons. The monoisotopic (exact) mass is 190 g/mol. The van der Waals surface area contributed by atoms with Gasteiger partial charge in [-0.15, -0.1) is 11.3 Å². The fraction of sp³-hybridized carbons (Fsp3) is 0.0909. The molecule has 0 unspecified atom stereocenters. The second kappa shape index (κ2) is 3.23. The Bertz CT molecular complexity index is 418. The van der Waals surface area contributed by atoms with Gasteiger partial charge in [-0.3, -0.25) is 0 Å². The molecule has 0 bridgehead atoms. The minimum atomic E-state index is 0.394. The van der Waals surface area contributed by atoms with E-state index >= 15 is 0 Å². The molecule has 1 nitrogen and oxygen atoms in total. The quantitative estimate of drug-likeness (QED) is 0.730. The van der Waals surface area contributed by atoms with E-state index < -0.39 is 0 Å². The molecule has 1 N–H and O–H groups in total. The highest BCUT2D eigenvalue weighted by atomic mass is 32.1. The molecule has 13 heavy (non-hydrogen) atoms. The van der Waals surface area contributed by atoms with E-state index in [1.54, 1.807) is 0 Å². The number of hydrogen-bond donors (Lipinski definition) is 1. The SMILES string of the molecule is Cc1cccc(-c2ccsc2O)c1. The standard InChI is InChI=1S/C11H10OS/c1-8-3-2-4-9(7-8)10-5-6-13-11(10)12/h2-7,12H,1H3. The van der Waals surface area contributed by atoms with Gasteiger partial charge in [0.05, 0.1) is 0 Å². The Morgan fingerprint density at radius 2 is 2.08 bits per heavy atom. The Morgan fingerprint density at radius 1 is 1.23 bits per heavy atom. The molecule has 0 saturated carbocycles. The van der Waals surface area contributed by atoms with Gasteiger partial charge in [0.25, 0.3) is 0 Å². The number of benzene rings is 1. The summed E-state index contributed by atoms with van der Waals surface area (Å²) in [5.74, 6) is 0. The van der Waals surface area contributed by atoms with Crippen molar-refractivity contribution in [3.8, 4) is 16.2 Å². The van der Waals surface area contributed by atoms with E-state index in [2.05, 4.69) is 6.07 Å². The predicted octanol–water partition coefficient (Wildman–Crippen LogP) is 3.43. The first-order valence-electron chi connectivity index (χ1n) is 4.11. The molecule has 2 heteroatoms. The van der Waals surface area contributed by atoms with Gasteiger partial charge in [-0.05, 0) is 23.9 Å². The molecular formula is C11H10OS. The Hall–Kier alpha value is -1.28. The molecule has 0 fully saturated rings. The number of aromatic hydroxyl groups is 1. The van der Waals surface area contributed by atoms with Crippen LogP contribution < -0.4 is 0 Å². The van der Waals surface area contributed by atoms with Crippen molar-refractivity contribution < 1.29 is 5.11 Å². The number of aryl methyl sites for hydroxylation is 1. The summed E-state index contributed by atoms with van der Waals surface area (Å²) < 4.78 is 0. The molecule has 1 heterocycles. The lowest BCUT2D eigenvalue weighted by Gasteiger charge is -1.99. The topological polar surface area (TPSA) is 20.2 Å². The molecule has 0 aliphatic rings. The third-order valence-electron chi connectivity index (χ3n) is 1.97. The summed E-state index contributed by atoms with van der Waals surface area (Å²) in [7, 11) is 0. The van der Waals surface area contributed by atoms with Crippen molar-refractivity contribution in [3.63, 3.8) is 0 Å². The molecule has 0 amide bonds. The van der Waals surface area contributed by atoms with Crippen LogP contribution >= 0.6 is 11.3 Å². The van der Waals surface area contributed by atoms with Crippen LogP contribution in [0, 0.1) is 6.92 Å². The smallest absolute Gasteiger partial charge is 0.179 e. The first kappa shape index (κ1) is 8.32. The Balaban J connectivity index is 2.53. The van der Waals surface area contributed by atoms with E-state index in [1.165, 1.54) is 16.9 Å². The fourth-order valence-corrected chi connectivity index (χ4v) is 1.98. The summed E-state index contributed by atoms with van der Waals surface area (Å²) in [6, 6.07) is 10.1. The molecule has 66 valence electrons. The van der Waals surface area contributed by atoms with Crippen LogP contribution in [0.25, 0.3) is 11.1 Å². The van der Waals surface area contributed by atoms with E-state index in [-0.39, 0.29) is 0 Å². The zero-order chi connectivity index (χ0) is 9.26. The van der Waals surface area contributed by atoms with E-state index in [0.717, 1.165) is 11.1 Å². The van der Waals surface area contributed by atoms with E-state index in [1.807, 2.05) is 36.6 Å². The molecule has 0 saturated heterocycles. The summed E-state index contributed by atoms with van der Waals surface area (Å²) in [4.78, 5) is 0. The van der Waals surface area contributed by atoms with Gasteiger partial charge in [-0.2, -0.15) is 0 Å². The molecule has 1 aromatic heterocycles. The van der Waals surface area contributed by atoms with Gasteiger partial charge >= 0.3 is 0 Å².